The monoisotopic (exact) mass is 696 g/mol. The molecule has 0 N–H and O–H groups in total. The number of rotatable bonds is 5. The lowest BCUT2D eigenvalue weighted by molar-refractivity contribution is 0.0130. The van der Waals surface area contributed by atoms with E-state index in [9.17, 15) is 14.4 Å². The average Bonchev–Trinajstić information content (AvgIpc) is 3.04. The van der Waals surface area contributed by atoms with Crippen molar-refractivity contribution in [2.75, 3.05) is 56.5 Å². The third kappa shape index (κ3) is 7.11. The molecule has 258 valence electrons. The number of carbonyl (C=O) groups excluding carboxylic acids is 2. The second kappa shape index (κ2) is 13.8. The van der Waals surface area contributed by atoms with Gasteiger partial charge in [0.2, 0.25) is 0 Å². The smallest absolute Gasteiger partial charge is 0.410 e. The first kappa shape index (κ1) is 34.4. The summed E-state index contributed by atoms with van der Waals surface area (Å²) < 4.78 is 13.1. The van der Waals surface area contributed by atoms with Crippen LogP contribution in [0, 0.1) is 6.92 Å². The van der Waals surface area contributed by atoms with E-state index in [0.29, 0.717) is 62.4 Å². The maximum absolute atomic E-state index is 14.0. The van der Waals surface area contributed by atoms with Gasteiger partial charge < -0.3 is 24.2 Å². The van der Waals surface area contributed by atoms with Gasteiger partial charge in [0.1, 0.15) is 18.0 Å². The Morgan fingerprint density at radius 2 is 1.73 bits per heavy atom. The highest BCUT2D eigenvalue weighted by atomic mass is 35.5. The fraction of sp³-hybridized carbons (Fsp3) is 0.543. The fourth-order valence-electron chi connectivity index (χ4n) is 6.76. The SMILES string of the molecule is Cc1cc2c(N3C[C@@H](C)N(C(=O)OC(C)(C)C)C[C@@H]3C)nc(=O)n3c2c(c1Cl)SC[C@@H]3CN1CCN(C(=O)OCc2ccccc2)CC1. The molecule has 0 radical (unpaired) electrons. The highest BCUT2D eigenvalue weighted by Gasteiger charge is 2.38. The summed E-state index contributed by atoms with van der Waals surface area (Å²) in [5, 5.41) is 1.55. The van der Waals surface area contributed by atoms with Gasteiger partial charge in [0.15, 0.2) is 0 Å². The number of amides is 2. The average molecular weight is 697 g/mol. The third-order valence-electron chi connectivity index (χ3n) is 9.24. The highest BCUT2D eigenvalue weighted by molar-refractivity contribution is 7.99. The Hall–Kier alpha value is -3.48. The van der Waals surface area contributed by atoms with Crippen LogP contribution in [0.15, 0.2) is 46.1 Å². The van der Waals surface area contributed by atoms with Crippen molar-refractivity contribution in [3.05, 3.63) is 63.0 Å². The number of nitrogens with zero attached hydrogens (tertiary/aromatic N) is 6. The number of piperazine rings is 2. The Morgan fingerprint density at radius 1 is 1.02 bits per heavy atom. The van der Waals surface area contributed by atoms with Gasteiger partial charge >= 0.3 is 17.9 Å². The number of carbonyl (C=O) groups is 2. The van der Waals surface area contributed by atoms with E-state index in [1.165, 1.54) is 0 Å². The second-order valence-corrected chi connectivity index (χ2v) is 15.5. The summed E-state index contributed by atoms with van der Waals surface area (Å²) >= 11 is 8.57. The number of hydrogen-bond donors (Lipinski definition) is 0. The fourth-order valence-corrected chi connectivity index (χ4v) is 8.31. The van der Waals surface area contributed by atoms with Gasteiger partial charge in [0, 0.05) is 69.0 Å². The van der Waals surface area contributed by atoms with Gasteiger partial charge in [-0.1, -0.05) is 41.9 Å². The van der Waals surface area contributed by atoms with Crippen LogP contribution in [0.4, 0.5) is 15.4 Å². The van der Waals surface area contributed by atoms with Crippen LogP contribution in [-0.2, 0) is 16.1 Å². The number of ether oxygens (including phenoxy) is 2. The Kier molecular flexibility index (Phi) is 9.88. The number of benzene rings is 2. The van der Waals surface area contributed by atoms with Gasteiger partial charge in [-0.15, -0.1) is 11.8 Å². The quantitative estimate of drug-likeness (QED) is 0.328. The molecule has 0 unspecified atom stereocenters. The Morgan fingerprint density at radius 3 is 2.42 bits per heavy atom. The lowest BCUT2D eigenvalue weighted by Crippen LogP contribution is -2.59. The number of thioether (sulfide) groups is 1. The van der Waals surface area contributed by atoms with Crippen molar-refractivity contribution in [1.29, 1.82) is 0 Å². The minimum atomic E-state index is -0.587. The van der Waals surface area contributed by atoms with Crippen LogP contribution >= 0.6 is 23.4 Å². The van der Waals surface area contributed by atoms with Crippen molar-refractivity contribution in [3.63, 3.8) is 0 Å². The van der Waals surface area contributed by atoms with Crippen molar-refractivity contribution >= 4 is 52.3 Å². The van der Waals surface area contributed by atoms with Crippen molar-refractivity contribution in [2.24, 2.45) is 0 Å². The number of hydrogen-bond acceptors (Lipinski definition) is 9. The van der Waals surface area contributed by atoms with Crippen molar-refractivity contribution < 1.29 is 19.1 Å². The first-order chi connectivity index (χ1) is 22.8. The molecule has 3 aliphatic heterocycles. The first-order valence-corrected chi connectivity index (χ1v) is 18.0. The summed E-state index contributed by atoms with van der Waals surface area (Å²) in [6, 6.07) is 11.4. The molecule has 13 heteroatoms. The highest BCUT2D eigenvalue weighted by Crippen LogP contribution is 2.44. The molecular weight excluding hydrogens is 652 g/mol. The number of aryl methyl sites for hydroxylation is 1. The first-order valence-electron chi connectivity index (χ1n) is 16.6. The summed E-state index contributed by atoms with van der Waals surface area (Å²) in [5.41, 5.74) is 1.82. The summed E-state index contributed by atoms with van der Waals surface area (Å²) in [7, 11) is 0. The molecule has 2 amide bonds. The lowest BCUT2D eigenvalue weighted by Gasteiger charge is -2.45. The van der Waals surface area contributed by atoms with Crippen molar-refractivity contribution in [1.82, 2.24) is 24.3 Å². The van der Waals surface area contributed by atoms with E-state index < -0.39 is 5.60 Å². The lowest BCUT2D eigenvalue weighted by atomic mass is 10.1. The Balaban J connectivity index is 1.20. The molecule has 48 heavy (non-hydrogen) atoms. The van der Waals surface area contributed by atoms with E-state index in [2.05, 4.69) is 9.80 Å². The minimum absolute atomic E-state index is 0.0961. The van der Waals surface area contributed by atoms with E-state index in [4.69, 9.17) is 26.1 Å². The molecule has 0 aliphatic carbocycles. The zero-order valence-electron chi connectivity index (χ0n) is 28.6. The molecule has 3 atom stereocenters. The standard InChI is InChI=1S/C35H45ClN6O5S/c1-22-16-27-29-30(28(22)36)48-21-26(19-38-12-14-39(15-13-38)33(44)46-20-25-10-8-7-9-11-25)42(29)32(43)37-31(27)40-17-24(3)41(18-23(40)2)34(45)47-35(4,5)6/h7-11,16,23-24,26H,12-15,17-21H2,1-6H3/t23-,24+,26-/m0/s1. The summed E-state index contributed by atoms with van der Waals surface area (Å²) in [6.45, 7) is 16.0. The molecule has 2 saturated heterocycles. The van der Waals surface area contributed by atoms with E-state index >= 15 is 0 Å². The molecule has 6 rings (SSSR count). The van der Waals surface area contributed by atoms with Crippen molar-refractivity contribution in [2.45, 2.75) is 76.8 Å². The molecule has 2 aromatic carbocycles. The Labute approximate surface area is 291 Å². The molecule has 0 bridgehead atoms. The van der Waals surface area contributed by atoms with Crippen LogP contribution in [-0.4, -0.2) is 106 Å². The number of halogens is 1. The molecule has 0 spiro atoms. The second-order valence-electron chi connectivity index (χ2n) is 14.1. The normalized spacial score (nSPS) is 21.8. The van der Waals surface area contributed by atoms with Crippen molar-refractivity contribution in [3.8, 4) is 0 Å². The van der Waals surface area contributed by atoms with E-state index in [1.54, 1.807) is 21.6 Å². The maximum Gasteiger partial charge on any atom is 0.410 e. The van der Waals surface area contributed by atoms with E-state index in [1.807, 2.05) is 82.5 Å². The molecule has 4 heterocycles. The summed E-state index contributed by atoms with van der Waals surface area (Å²) in [6.07, 6.45) is -0.642. The van der Waals surface area contributed by atoms with Crippen LogP contribution in [0.5, 0.6) is 0 Å². The molecule has 11 nitrogen and oxygen atoms in total. The predicted octanol–water partition coefficient (Wildman–Crippen LogP) is 5.79. The predicted molar refractivity (Wildman–Crippen MR) is 189 cm³/mol. The molecule has 2 fully saturated rings. The van der Waals surface area contributed by atoms with Gasteiger partial charge in [-0.3, -0.25) is 9.47 Å². The zero-order valence-corrected chi connectivity index (χ0v) is 30.1. The number of aromatic nitrogens is 2. The molecular formula is C35H45ClN6O5S. The van der Waals surface area contributed by atoms with Crippen LogP contribution in [0.1, 0.15) is 51.8 Å². The Bertz CT molecular complexity index is 1740. The van der Waals surface area contributed by atoms with E-state index in [-0.39, 0.29) is 42.6 Å². The molecule has 3 aliphatic rings. The molecule has 0 saturated carbocycles. The topological polar surface area (TPSA) is 100 Å². The van der Waals surface area contributed by atoms with Gasteiger partial charge in [-0.2, -0.15) is 4.98 Å². The van der Waals surface area contributed by atoms with Gasteiger partial charge in [0.25, 0.3) is 0 Å². The zero-order chi connectivity index (χ0) is 34.3. The van der Waals surface area contributed by atoms with Crippen LogP contribution < -0.4 is 10.6 Å². The van der Waals surface area contributed by atoms with Crippen LogP contribution in [0.25, 0.3) is 10.9 Å². The third-order valence-corrected chi connectivity index (χ3v) is 11.1. The maximum atomic E-state index is 14.0. The van der Waals surface area contributed by atoms with Crippen LogP contribution in [0.3, 0.4) is 0 Å². The summed E-state index contributed by atoms with van der Waals surface area (Å²) in [5.74, 6) is 1.31. The van der Waals surface area contributed by atoms with Gasteiger partial charge in [-0.25, -0.2) is 14.4 Å². The molecule has 3 aromatic rings. The summed E-state index contributed by atoms with van der Waals surface area (Å²) in [4.78, 5) is 53.4. The van der Waals surface area contributed by atoms with Gasteiger partial charge in [0.05, 0.1) is 21.5 Å². The molecule has 1 aromatic heterocycles. The van der Waals surface area contributed by atoms with Gasteiger partial charge in [-0.05, 0) is 58.7 Å². The number of anilines is 1. The van der Waals surface area contributed by atoms with Crippen LogP contribution in [0.2, 0.25) is 5.02 Å². The largest absolute Gasteiger partial charge is 0.445 e. The van der Waals surface area contributed by atoms with E-state index in [0.717, 1.165) is 26.9 Å². The minimum Gasteiger partial charge on any atom is -0.445 e.